The number of hydrogen-bond donors (Lipinski definition) is 0. The van der Waals surface area contributed by atoms with Gasteiger partial charge in [0.15, 0.2) is 0 Å². The van der Waals surface area contributed by atoms with E-state index in [-0.39, 0.29) is 5.56 Å². The van der Waals surface area contributed by atoms with E-state index in [1.54, 1.807) is 13.2 Å². The SMILES string of the molecule is COc1cc2c(ccc(=O)n2CCN2CCOCC2)cc1-c1c(C)noc1C. The van der Waals surface area contributed by atoms with Crippen molar-refractivity contribution in [2.75, 3.05) is 40.0 Å². The molecule has 3 aromatic rings. The van der Waals surface area contributed by atoms with Crippen molar-refractivity contribution in [3.05, 3.63) is 46.1 Å². The molecule has 1 aliphatic heterocycles. The number of hydrogen-bond acceptors (Lipinski definition) is 6. The van der Waals surface area contributed by atoms with Gasteiger partial charge in [-0.25, -0.2) is 0 Å². The van der Waals surface area contributed by atoms with Crippen LogP contribution in [0.15, 0.2) is 33.6 Å². The first kappa shape index (κ1) is 18.7. The Morgan fingerprint density at radius 1 is 1.14 bits per heavy atom. The highest BCUT2D eigenvalue weighted by molar-refractivity contribution is 5.89. The maximum Gasteiger partial charge on any atom is 0.251 e. The van der Waals surface area contributed by atoms with E-state index >= 15 is 0 Å². The molecular formula is C21H25N3O4. The number of fused-ring (bicyclic) bond motifs is 1. The van der Waals surface area contributed by atoms with Gasteiger partial charge < -0.3 is 18.6 Å². The fourth-order valence-corrected chi connectivity index (χ4v) is 3.85. The van der Waals surface area contributed by atoms with Crippen molar-refractivity contribution in [1.82, 2.24) is 14.6 Å². The van der Waals surface area contributed by atoms with Gasteiger partial charge in [0.05, 0.1) is 37.1 Å². The van der Waals surface area contributed by atoms with Crippen LogP contribution in [0.2, 0.25) is 0 Å². The van der Waals surface area contributed by atoms with E-state index in [1.807, 2.05) is 36.6 Å². The first-order valence-corrected chi connectivity index (χ1v) is 9.53. The highest BCUT2D eigenvalue weighted by Crippen LogP contribution is 2.37. The summed E-state index contributed by atoms with van der Waals surface area (Å²) in [5.74, 6) is 1.45. The van der Waals surface area contributed by atoms with Gasteiger partial charge in [0.1, 0.15) is 11.5 Å². The molecule has 28 heavy (non-hydrogen) atoms. The molecule has 0 spiro atoms. The van der Waals surface area contributed by atoms with E-state index in [4.69, 9.17) is 14.0 Å². The summed E-state index contributed by atoms with van der Waals surface area (Å²) in [5, 5.41) is 5.04. The molecule has 0 bridgehead atoms. The highest BCUT2D eigenvalue weighted by atomic mass is 16.5. The van der Waals surface area contributed by atoms with Gasteiger partial charge in [-0.3, -0.25) is 9.69 Å². The molecule has 0 aliphatic carbocycles. The summed E-state index contributed by atoms with van der Waals surface area (Å²) in [4.78, 5) is 14.9. The number of morpholine rings is 1. The third-order valence-corrected chi connectivity index (χ3v) is 5.36. The topological polar surface area (TPSA) is 69.7 Å². The number of ether oxygens (including phenoxy) is 2. The third-order valence-electron chi connectivity index (χ3n) is 5.36. The number of aromatic nitrogens is 2. The van der Waals surface area contributed by atoms with Crippen LogP contribution in [0.1, 0.15) is 11.5 Å². The zero-order valence-corrected chi connectivity index (χ0v) is 16.5. The molecule has 0 atom stereocenters. The highest BCUT2D eigenvalue weighted by Gasteiger charge is 2.18. The van der Waals surface area contributed by atoms with Gasteiger partial charge in [-0.15, -0.1) is 0 Å². The summed E-state index contributed by atoms with van der Waals surface area (Å²) in [6.45, 7) is 8.55. The van der Waals surface area contributed by atoms with Crippen LogP contribution in [-0.4, -0.2) is 54.6 Å². The first-order chi connectivity index (χ1) is 13.6. The van der Waals surface area contributed by atoms with Gasteiger partial charge in [-0.05, 0) is 31.4 Å². The van der Waals surface area contributed by atoms with Crippen LogP contribution in [0.25, 0.3) is 22.0 Å². The molecule has 1 aliphatic rings. The molecule has 0 unspecified atom stereocenters. The van der Waals surface area contributed by atoms with Crippen LogP contribution in [0.4, 0.5) is 0 Å². The summed E-state index contributed by atoms with van der Waals surface area (Å²) in [5.41, 5.74) is 3.53. The zero-order valence-electron chi connectivity index (χ0n) is 16.5. The lowest BCUT2D eigenvalue weighted by Crippen LogP contribution is -2.39. The predicted molar refractivity (Wildman–Crippen MR) is 107 cm³/mol. The number of nitrogens with zero attached hydrogens (tertiary/aromatic N) is 3. The minimum Gasteiger partial charge on any atom is -0.496 e. The van der Waals surface area contributed by atoms with E-state index in [0.717, 1.165) is 66.3 Å². The summed E-state index contributed by atoms with van der Waals surface area (Å²) >= 11 is 0. The molecule has 2 aromatic heterocycles. The minimum atomic E-state index is -0.00657. The second kappa shape index (κ2) is 7.77. The zero-order chi connectivity index (χ0) is 19.7. The Balaban J connectivity index is 1.77. The number of benzene rings is 1. The van der Waals surface area contributed by atoms with Gasteiger partial charge in [0, 0.05) is 43.9 Å². The average Bonchev–Trinajstić information content (AvgIpc) is 3.05. The summed E-state index contributed by atoms with van der Waals surface area (Å²) in [7, 11) is 1.64. The summed E-state index contributed by atoms with van der Waals surface area (Å²) in [6, 6.07) is 7.48. The van der Waals surface area contributed by atoms with Crippen molar-refractivity contribution < 1.29 is 14.0 Å². The number of aryl methyl sites for hydroxylation is 2. The van der Waals surface area contributed by atoms with Crippen LogP contribution in [0.3, 0.4) is 0 Å². The molecule has 1 aromatic carbocycles. The molecule has 0 saturated carbocycles. The van der Waals surface area contributed by atoms with E-state index in [9.17, 15) is 4.79 Å². The van der Waals surface area contributed by atoms with Gasteiger partial charge in [0.2, 0.25) is 0 Å². The van der Waals surface area contributed by atoms with Crippen LogP contribution in [0, 0.1) is 13.8 Å². The Labute approximate surface area is 163 Å². The van der Waals surface area contributed by atoms with Crippen molar-refractivity contribution in [2.45, 2.75) is 20.4 Å². The lowest BCUT2D eigenvalue weighted by atomic mass is 10.0. The molecule has 7 heteroatoms. The summed E-state index contributed by atoms with van der Waals surface area (Å²) < 4.78 is 18.2. The normalized spacial score (nSPS) is 15.2. The molecule has 0 amide bonds. The monoisotopic (exact) mass is 383 g/mol. The van der Waals surface area contributed by atoms with Crippen molar-refractivity contribution in [1.29, 1.82) is 0 Å². The average molecular weight is 383 g/mol. The maximum atomic E-state index is 12.6. The maximum absolute atomic E-state index is 12.6. The van der Waals surface area contributed by atoms with E-state index < -0.39 is 0 Å². The fourth-order valence-electron chi connectivity index (χ4n) is 3.85. The second-order valence-corrected chi connectivity index (χ2v) is 7.09. The summed E-state index contributed by atoms with van der Waals surface area (Å²) in [6.07, 6.45) is 0. The lowest BCUT2D eigenvalue weighted by Gasteiger charge is -2.27. The molecule has 4 rings (SSSR count). The standard InChI is InChI=1S/C21H25N3O4/c1-14-21(15(2)28-22-14)17-12-16-4-5-20(25)24(18(16)13-19(17)26-3)7-6-23-8-10-27-11-9-23/h4-5,12-13H,6-11H2,1-3H3. The molecule has 0 radical (unpaired) electrons. The number of pyridine rings is 1. The molecule has 7 nitrogen and oxygen atoms in total. The van der Waals surface area contributed by atoms with E-state index in [1.165, 1.54) is 0 Å². The van der Waals surface area contributed by atoms with Gasteiger partial charge in [-0.1, -0.05) is 5.16 Å². The van der Waals surface area contributed by atoms with Crippen LogP contribution >= 0.6 is 0 Å². The Morgan fingerprint density at radius 3 is 2.61 bits per heavy atom. The largest absolute Gasteiger partial charge is 0.496 e. The Bertz CT molecular complexity index is 1030. The number of rotatable bonds is 5. The number of methoxy groups -OCH3 is 1. The van der Waals surface area contributed by atoms with Crippen molar-refractivity contribution in [2.24, 2.45) is 0 Å². The van der Waals surface area contributed by atoms with Crippen molar-refractivity contribution in [3.63, 3.8) is 0 Å². The fraction of sp³-hybridized carbons (Fsp3) is 0.429. The third kappa shape index (κ3) is 3.43. The minimum absolute atomic E-state index is 0.00657. The predicted octanol–water partition coefficient (Wildman–Crippen LogP) is 2.61. The molecule has 0 N–H and O–H groups in total. The first-order valence-electron chi connectivity index (χ1n) is 9.53. The quantitative estimate of drug-likeness (QED) is 0.675. The smallest absolute Gasteiger partial charge is 0.251 e. The molecule has 1 saturated heterocycles. The van der Waals surface area contributed by atoms with Crippen LogP contribution in [0.5, 0.6) is 5.75 Å². The van der Waals surface area contributed by atoms with E-state index in [0.29, 0.717) is 12.3 Å². The molecular weight excluding hydrogens is 358 g/mol. The Morgan fingerprint density at radius 2 is 1.93 bits per heavy atom. The van der Waals surface area contributed by atoms with Gasteiger partial charge in [0.25, 0.3) is 5.56 Å². The van der Waals surface area contributed by atoms with Gasteiger partial charge >= 0.3 is 0 Å². The lowest BCUT2D eigenvalue weighted by molar-refractivity contribution is 0.0364. The van der Waals surface area contributed by atoms with E-state index in [2.05, 4.69) is 10.1 Å². The molecule has 148 valence electrons. The Hall–Kier alpha value is -2.64. The van der Waals surface area contributed by atoms with Gasteiger partial charge in [-0.2, -0.15) is 0 Å². The molecule has 1 fully saturated rings. The van der Waals surface area contributed by atoms with Crippen LogP contribution in [-0.2, 0) is 11.3 Å². The van der Waals surface area contributed by atoms with Crippen LogP contribution < -0.4 is 10.3 Å². The Kier molecular flexibility index (Phi) is 5.19. The second-order valence-electron chi connectivity index (χ2n) is 7.09. The molecule has 3 heterocycles. The van der Waals surface area contributed by atoms with Crippen molar-refractivity contribution in [3.8, 4) is 16.9 Å². The van der Waals surface area contributed by atoms with Crippen molar-refractivity contribution >= 4 is 10.9 Å².